The van der Waals surface area contributed by atoms with E-state index in [0.717, 1.165) is 22.3 Å². The molecule has 1 aromatic heterocycles. The second-order valence-electron chi connectivity index (χ2n) is 4.56. The van der Waals surface area contributed by atoms with E-state index in [1.54, 1.807) is 4.68 Å². The number of ketones is 1. The monoisotopic (exact) mass is 301 g/mol. The highest BCUT2D eigenvalue weighted by atomic mass is 79.9. The molecule has 0 aliphatic heterocycles. The quantitative estimate of drug-likeness (QED) is 0.874. The van der Waals surface area contributed by atoms with Crippen LogP contribution in [0.25, 0.3) is 0 Å². The highest BCUT2D eigenvalue weighted by Crippen LogP contribution is 2.21. The molecule has 1 atom stereocenters. The van der Waals surface area contributed by atoms with Gasteiger partial charge in [0.2, 0.25) is 0 Å². The molecular formula is C12H20BrN3O. The lowest BCUT2D eigenvalue weighted by molar-refractivity contribution is -0.118. The Morgan fingerprint density at radius 2 is 2.24 bits per heavy atom. The van der Waals surface area contributed by atoms with E-state index in [0.29, 0.717) is 25.3 Å². The third-order valence-electron chi connectivity index (χ3n) is 2.94. The van der Waals surface area contributed by atoms with Gasteiger partial charge < -0.3 is 5.73 Å². The maximum Gasteiger partial charge on any atom is 0.138 e. The van der Waals surface area contributed by atoms with E-state index in [2.05, 4.69) is 28.0 Å². The van der Waals surface area contributed by atoms with Crippen LogP contribution in [0.15, 0.2) is 4.47 Å². The minimum atomic E-state index is 0.244. The summed E-state index contributed by atoms with van der Waals surface area (Å²) in [4.78, 5) is 11.8. The Bertz CT molecular complexity index is 401. The van der Waals surface area contributed by atoms with Crippen LogP contribution in [0.3, 0.4) is 0 Å². The van der Waals surface area contributed by atoms with Crippen molar-refractivity contribution in [3.8, 4) is 0 Å². The molecular weight excluding hydrogens is 282 g/mol. The standard InChI is InChI=1S/C12H20BrN3O/c1-8(7-14)4-5-10(17)6-11-12(13)9(2)15-16(11)3/h8H,4-7,14H2,1-3H3. The molecule has 1 unspecified atom stereocenters. The van der Waals surface area contributed by atoms with Crippen LogP contribution in [0.4, 0.5) is 0 Å². The lowest BCUT2D eigenvalue weighted by atomic mass is 10.0. The van der Waals surface area contributed by atoms with Crippen LogP contribution in [0.5, 0.6) is 0 Å². The van der Waals surface area contributed by atoms with Gasteiger partial charge in [-0.15, -0.1) is 0 Å². The van der Waals surface area contributed by atoms with E-state index in [-0.39, 0.29) is 5.78 Å². The average Bonchev–Trinajstić information content (AvgIpc) is 2.53. The summed E-state index contributed by atoms with van der Waals surface area (Å²) in [5.74, 6) is 0.657. The van der Waals surface area contributed by atoms with Crippen molar-refractivity contribution in [1.82, 2.24) is 9.78 Å². The zero-order valence-electron chi connectivity index (χ0n) is 10.7. The van der Waals surface area contributed by atoms with Gasteiger partial charge in [-0.1, -0.05) is 6.92 Å². The summed E-state index contributed by atoms with van der Waals surface area (Å²) in [5.41, 5.74) is 7.40. The Kier molecular flexibility index (Phi) is 5.33. The number of halogens is 1. The van der Waals surface area contributed by atoms with E-state index in [1.807, 2.05) is 14.0 Å². The fraction of sp³-hybridized carbons (Fsp3) is 0.667. The van der Waals surface area contributed by atoms with Crippen molar-refractivity contribution in [2.75, 3.05) is 6.54 Å². The van der Waals surface area contributed by atoms with E-state index in [1.165, 1.54) is 0 Å². The molecule has 0 aliphatic carbocycles. The predicted octanol–water partition coefficient (Wildman–Crippen LogP) is 1.98. The van der Waals surface area contributed by atoms with E-state index >= 15 is 0 Å². The van der Waals surface area contributed by atoms with Crippen LogP contribution < -0.4 is 5.73 Å². The topological polar surface area (TPSA) is 60.9 Å². The van der Waals surface area contributed by atoms with Crippen LogP contribution in [0.1, 0.15) is 31.2 Å². The SMILES string of the molecule is Cc1nn(C)c(CC(=O)CCC(C)CN)c1Br. The summed E-state index contributed by atoms with van der Waals surface area (Å²) in [7, 11) is 1.86. The Hall–Kier alpha value is -0.680. The minimum absolute atomic E-state index is 0.244. The number of carbonyl (C=O) groups excluding carboxylic acids is 1. The number of carbonyl (C=O) groups is 1. The molecule has 4 nitrogen and oxygen atoms in total. The summed E-state index contributed by atoms with van der Waals surface area (Å²) < 4.78 is 2.71. The van der Waals surface area contributed by atoms with Crippen molar-refractivity contribution in [2.24, 2.45) is 18.7 Å². The van der Waals surface area contributed by atoms with Gasteiger partial charge in [-0.25, -0.2) is 0 Å². The van der Waals surface area contributed by atoms with Crippen molar-refractivity contribution in [1.29, 1.82) is 0 Å². The Morgan fingerprint density at radius 1 is 1.59 bits per heavy atom. The lowest BCUT2D eigenvalue weighted by Crippen LogP contribution is -2.14. The summed E-state index contributed by atoms with van der Waals surface area (Å²) in [6.07, 6.45) is 1.90. The van der Waals surface area contributed by atoms with Gasteiger partial charge in [-0.2, -0.15) is 5.10 Å². The molecule has 0 bridgehead atoms. The molecule has 0 amide bonds. The lowest BCUT2D eigenvalue weighted by Gasteiger charge is -2.07. The first-order valence-electron chi connectivity index (χ1n) is 5.85. The minimum Gasteiger partial charge on any atom is -0.330 e. The number of aromatic nitrogens is 2. The number of hydrogen-bond acceptors (Lipinski definition) is 3. The Labute approximate surface area is 111 Å². The summed E-state index contributed by atoms with van der Waals surface area (Å²) in [6, 6.07) is 0. The van der Waals surface area contributed by atoms with Crippen LogP contribution in [0, 0.1) is 12.8 Å². The first-order valence-corrected chi connectivity index (χ1v) is 6.64. The summed E-state index contributed by atoms with van der Waals surface area (Å²) in [5, 5.41) is 4.27. The van der Waals surface area contributed by atoms with Gasteiger partial charge in [-0.3, -0.25) is 9.48 Å². The van der Waals surface area contributed by atoms with Crippen molar-refractivity contribution in [3.05, 3.63) is 15.9 Å². The molecule has 2 N–H and O–H groups in total. The molecule has 0 spiro atoms. The van der Waals surface area contributed by atoms with Gasteiger partial charge in [0.25, 0.3) is 0 Å². The van der Waals surface area contributed by atoms with Crippen LogP contribution in [-0.4, -0.2) is 22.1 Å². The van der Waals surface area contributed by atoms with Gasteiger partial charge in [0.1, 0.15) is 5.78 Å². The molecule has 0 radical (unpaired) electrons. The second kappa shape index (κ2) is 6.31. The largest absolute Gasteiger partial charge is 0.330 e. The van der Waals surface area contributed by atoms with Crippen molar-refractivity contribution >= 4 is 21.7 Å². The highest BCUT2D eigenvalue weighted by Gasteiger charge is 2.14. The molecule has 0 fully saturated rings. The third-order valence-corrected chi connectivity index (χ3v) is 3.98. The maximum atomic E-state index is 11.8. The second-order valence-corrected chi connectivity index (χ2v) is 5.36. The molecule has 1 rings (SSSR count). The van der Waals surface area contributed by atoms with E-state index < -0.39 is 0 Å². The number of aryl methyl sites for hydroxylation is 2. The maximum absolute atomic E-state index is 11.8. The Balaban J connectivity index is 2.56. The third kappa shape index (κ3) is 3.92. The number of hydrogen-bond donors (Lipinski definition) is 1. The molecule has 96 valence electrons. The van der Waals surface area contributed by atoms with Crippen molar-refractivity contribution < 1.29 is 4.79 Å². The molecule has 0 aromatic carbocycles. The average molecular weight is 302 g/mol. The molecule has 1 heterocycles. The summed E-state index contributed by atoms with van der Waals surface area (Å²) >= 11 is 3.47. The molecule has 0 aliphatic rings. The number of nitrogens with zero attached hydrogens (tertiary/aromatic N) is 2. The summed E-state index contributed by atoms with van der Waals surface area (Å²) in [6.45, 7) is 4.63. The molecule has 5 heteroatoms. The number of rotatable bonds is 6. The smallest absolute Gasteiger partial charge is 0.138 e. The van der Waals surface area contributed by atoms with Gasteiger partial charge in [0.15, 0.2) is 0 Å². The van der Waals surface area contributed by atoms with Crippen molar-refractivity contribution in [3.63, 3.8) is 0 Å². The van der Waals surface area contributed by atoms with Gasteiger partial charge in [-0.05, 0) is 41.7 Å². The van der Waals surface area contributed by atoms with Gasteiger partial charge in [0.05, 0.1) is 15.9 Å². The molecule has 0 saturated carbocycles. The van der Waals surface area contributed by atoms with Crippen LogP contribution >= 0.6 is 15.9 Å². The molecule has 1 aromatic rings. The van der Waals surface area contributed by atoms with Gasteiger partial charge >= 0.3 is 0 Å². The fourth-order valence-electron chi connectivity index (χ4n) is 1.67. The zero-order chi connectivity index (χ0) is 13.0. The van der Waals surface area contributed by atoms with Crippen LogP contribution in [-0.2, 0) is 18.3 Å². The number of Topliss-reactive ketones (excluding diaryl/α,β-unsaturated/α-hetero) is 1. The molecule has 0 saturated heterocycles. The number of nitrogens with two attached hydrogens (primary N) is 1. The zero-order valence-corrected chi connectivity index (χ0v) is 12.2. The predicted molar refractivity (Wildman–Crippen MR) is 71.8 cm³/mol. The first-order chi connectivity index (χ1) is 7.95. The van der Waals surface area contributed by atoms with Gasteiger partial charge in [0, 0.05) is 19.9 Å². The molecule has 17 heavy (non-hydrogen) atoms. The van der Waals surface area contributed by atoms with Crippen molar-refractivity contribution in [2.45, 2.75) is 33.1 Å². The highest BCUT2D eigenvalue weighted by molar-refractivity contribution is 9.10. The van der Waals surface area contributed by atoms with E-state index in [4.69, 9.17) is 5.73 Å². The normalized spacial score (nSPS) is 12.8. The fourth-order valence-corrected chi connectivity index (χ4v) is 2.15. The van der Waals surface area contributed by atoms with E-state index in [9.17, 15) is 4.79 Å². The van der Waals surface area contributed by atoms with Crippen LogP contribution in [0.2, 0.25) is 0 Å². The Morgan fingerprint density at radius 3 is 2.71 bits per heavy atom. The first kappa shape index (κ1) is 14.4.